The lowest BCUT2D eigenvalue weighted by atomic mass is 9.92. The first-order chi connectivity index (χ1) is 15.5. The zero-order valence-electron chi connectivity index (χ0n) is 17.4. The van der Waals surface area contributed by atoms with Crippen LogP contribution in [0.1, 0.15) is 22.9 Å². The lowest BCUT2D eigenvalue weighted by molar-refractivity contribution is 0.193. The predicted octanol–water partition coefficient (Wildman–Crippen LogP) is 6.15. The number of urea groups is 1. The van der Waals surface area contributed by atoms with Gasteiger partial charge < -0.3 is 19.9 Å². The van der Waals surface area contributed by atoms with E-state index in [1.807, 2.05) is 42.5 Å². The summed E-state index contributed by atoms with van der Waals surface area (Å²) in [6, 6.07) is 18.7. The Morgan fingerprint density at radius 1 is 1.12 bits per heavy atom. The Morgan fingerprint density at radius 2 is 1.88 bits per heavy atom. The van der Waals surface area contributed by atoms with Crippen LogP contribution in [-0.2, 0) is 6.42 Å². The summed E-state index contributed by atoms with van der Waals surface area (Å²) in [4.78, 5) is 18.6. The molecule has 2 amide bonds. The van der Waals surface area contributed by atoms with Crippen molar-refractivity contribution in [2.24, 2.45) is 0 Å². The second-order valence-corrected chi connectivity index (χ2v) is 8.20. The van der Waals surface area contributed by atoms with Gasteiger partial charge in [-0.15, -0.1) is 0 Å². The molecule has 2 N–H and O–H groups in total. The van der Waals surface area contributed by atoms with Gasteiger partial charge in [-0.05, 0) is 72.1 Å². The van der Waals surface area contributed by atoms with Crippen molar-refractivity contribution in [2.75, 3.05) is 19.0 Å². The first-order valence-corrected chi connectivity index (χ1v) is 10.7. The van der Waals surface area contributed by atoms with Gasteiger partial charge in [0.25, 0.3) is 0 Å². The molecule has 4 aromatic rings. The Balaban J connectivity index is 1.57. The lowest BCUT2D eigenvalue weighted by Crippen LogP contribution is -2.43. The summed E-state index contributed by atoms with van der Waals surface area (Å²) in [6.07, 6.45) is 0.694. The smallest absolute Gasteiger partial charge is 0.322 e. The maximum atomic E-state index is 13.3. The van der Waals surface area contributed by atoms with Crippen LogP contribution >= 0.6 is 11.6 Å². The Bertz CT molecular complexity index is 1290. The van der Waals surface area contributed by atoms with Gasteiger partial charge in [-0.2, -0.15) is 0 Å². The van der Waals surface area contributed by atoms with Crippen LogP contribution in [0.3, 0.4) is 0 Å². The third kappa shape index (κ3) is 3.67. The Hall–Kier alpha value is -3.51. The van der Waals surface area contributed by atoms with E-state index in [0.29, 0.717) is 23.7 Å². The number of fused-ring (bicyclic) bond motifs is 3. The van der Waals surface area contributed by atoms with Crippen molar-refractivity contribution in [3.63, 3.8) is 0 Å². The number of benzene rings is 3. The fraction of sp³-hybridized carbons (Fsp3) is 0.160. The van der Waals surface area contributed by atoms with Crippen molar-refractivity contribution in [3.8, 4) is 5.75 Å². The number of hydrogen-bond donors (Lipinski definition) is 2. The Morgan fingerprint density at radius 3 is 2.59 bits per heavy atom. The van der Waals surface area contributed by atoms with E-state index in [1.165, 1.54) is 12.1 Å². The second kappa shape index (κ2) is 8.20. The lowest BCUT2D eigenvalue weighted by Gasteiger charge is -2.36. The zero-order chi connectivity index (χ0) is 22.2. The molecule has 1 aliphatic heterocycles. The standard InChI is InChI=1S/C25H21ClFN3O2/c1-32-19-9-2-15(3-10-19)24-23-20(21-14-16(26)4-11-22(21)29-23)12-13-30(24)25(31)28-18-7-5-17(27)6-8-18/h2-11,14,24,29H,12-13H2,1H3,(H,28,31). The number of methoxy groups -OCH3 is 1. The molecule has 5 nitrogen and oxygen atoms in total. The minimum Gasteiger partial charge on any atom is -0.497 e. The van der Waals surface area contributed by atoms with E-state index < -0.39 is 0 Å². The van der Waals surface area contributed by atoms with E-state index in [-0.39, 0.29) is 17.9 Å². The maximum Gasteiger partial charge on any atom is 0.322 e. The van der Waals surface area contributed by atoms with Gasteiger partial charge in [0.15, 0.2) is 0 Å². The summed E-state index contributed by atoms with van der Waals surface area (Å²) in [5, 5.41) is 4.65. The first-order valence-electron chi connectivity index (χ1n) is 10.3. The Kier molecular flexibility index (Phi) is 5.23. The summed E-state index contributed by atoms with van der Waals surface area (Å²) in [7, 11) is 1.62. The number of anilines is 1. The molecule has 0 saturated carbocycles. The van der Waals surface area contributed by atoms with Gasteiger partial charge >= 0.3 is 6.03 Å². The van der Waals surface area contributed by atoms with Crippen LogP contribution in [0, 0.1) is 5.82 Å². The maximum absolute atomic E-state index is 13.3. The zero-order valence-corrected chi connectivity index (χ0v) is 18.1. The number of amides is 2. The number of H-pyrrole nitrogens is 1. The minimum atomic E-state index is -0.349. The fourth-order valence-electron chi connectivity index (χ4n) is 4.34. The molecule has 0 saturated heterocycles. The number of ether oxygens (including phenoxy) is 1. The third-order valence-corrected chi connectivity index (χ3v) is 6.11. The number of halogens is 2. The topological polar surface area (TPSA) is 57.4 Å². The molecule has 1 aliphatic rings. The molecule has 32 heavy (non-hydrogen) atoms. The summed E-state index contributed by atoms with van der Waals surface area (Å²) in [5.41, 5.74) is 4.61. The number of rotatable bonds is 3. The fourth-order valence-corrected chi connectivity index (χ4v) is 4.51. The van der Waals surface area contributed by atoms with Crippen LogP contribution in [0.15, 0.2) is 66.7 Å². The predicted molar refractivity (Wildman–Crippen MR) is 124 cm³/mol. The summed E-state index contributed by atoms with van der Waals surface area (Å²) in [5.74, 6) is 0.397. The number of carbonyl (C=O) groups excluding carboxylic acids is 1. The van der Waals surface area contributed by atoms with Crippen molar-refractivity contribution in [3.05, 3.63) is 94.4 Å². The molecule has 5 rings (SSSR count). The molecule has 7 heteroatoms. The molecule has 0 radical (unpaired) electrons. The van der Waals surface area contributed by atoms with Crippen LogP contribution in [0.25, 0.3) is 10.9 Å². The highest BCUT2D eigenvalue weighted by Crippen LogP contribution is 2.39. The van der Waals surface area contributed by atoms with Gasteiger partial charge in [-0.3, -0.25) is 0 Å². The van der Waals surface area contributed by atoms with Crippen molar-refractivity contribution < 1.29 is 13.9 Å². The van der Waals surface area contributed by atoms with Gasteiger partial charge in [0.1, 0.15) is 11.6 Å². The van der Waals surface area contributed by atoms with Gasteiger partial charge in [0, 0.05) is 33.9 Å². The molecule has 0 bridgehead atoms. The van der Waals surface area contributed by atoms with E-state index in [4.69, 9.17) is 16.3 Å². The number of hydrogen-bond acceptors (Lipinski definition) is 2. The van der Waals surface area contributed by atoms with Crippen molar-refractivity contribution in [1.29, 1.82) is 0 Å². The molecule has 162 valence electrons. The SMILES string of the molecule is COc1ccc(C2c3[nH]c4ccc(Cl)cc4c3CCN2C(=O)Nc2ccc(F)cc2)cc1. The number of aromatic nitrogens is 1. The number of nitrogens with one attached hydrogen (secondary N) is 2. The van der Waals surface area contributed by atoms with Gasteiger partial charge in [-0.1, -0.05) is 23.7 Å². The normalized spacial score (nSPS) is 15.5. The third-order valence-electron chi connectivity index (χ3n) is 5.88. The highest BCUT2D eigenvalue weighted by molar-refractivity contribution is 6.31. The van der Waals surface area contributed by atoms with E-state index >= 15 is 0 Å². The quantitative estimate of drug-likeness (QED) is 0.394. The Labute approximate surface area is 189 Å². The monoisotopic (exact) mass is 449 g/mol. The van der Waals surface area contributed by atoms with E-state index in [9.17, 15) is 9.18 Å². The van der Waals surface area contributed by atoms with Crippen LogP contribution in [0.5, 0.6) is 5.75 Å². The number of nitrogens with zero attached hydrogens (tertiary/aromatic N) is 1. The van der Waals surface area contributed by atoms with Gasteiger partial charge in [0.2, 0.25) is 0 Å². The number of carbonyl (C=O) groups is 1. The van der Waals surface area contributed by atoms with Crippen LogP contribution in [0.4, 0.5) is 14.9 Å². The van der Waals surface area contributed by atoms with Crippen molar-refractivity contribution in [1.82, 2.24) is 9.88 Å². The highest BCUT2D eigenvalue weighted by Gasteiger charge is 2.34. The average molecular weight is 450 g/mol. The summed E-state index contributed by atoms with van der Waals surface area (Å²) >= 11 is 6.26. The average Bonchev–Trinajstić information content (AvgIpc) is 3.18. The molecule has 0 aliphatic carbocycles. The summed E-state index contributed by atoms with van der Waals surface area (Å²) in [6.45, 7) is 0.524. The molecule has 3 aromatic carbocycles. The van der Waals surface area contributed by atoms with E-state index in [1.54, 1.807) is 24.1 Å². The van der Waals surface area contributed by atoms with Gasteiger partial charge in [-0.25, -0.2) is 9.18 Å². The molecule has 2 heterocycles. The van der Waals surface area contributed by atoms with Crippen LogP contribution in [-0.4, -0.2) is 29.6 Å². The van der Waals surface area contributed by atoms with Crippen molar-refractivity contribution in [2.45, 2.75) is 12.5 Å². The largest absolute Gasteiger partial charge is 0.497 e. The molecule has 1 atom stereocenters. The minimum absolute atomic E-state index is 0.250. The van der Waals surface area contributed by atoms with E-state index in [0.717, 1.165) is 33.5 Å². The molecule has 1 unspecified atom stereocenters. The molecule has 1 aromatic heterocycles. The molecular weight excluding hydrogens is 429 g/mol. The molecule has 0 fully saturated rings. The van der Waals surface area contributed by atoms with Gasteiger partial charge in [0.05, 0.1) is 13.2 Å². The van der Waals surface area contributed by atoms with Crippen molar-refractivity contribution >= 4 is 34.2 Å². The van der Waals surface area contributed by atoms with Crippen LogP contribution in [0.2, 0.25) is 5.02 Å². The molecular formula is C25H21ClFN3O2. The molecule has 0 spiro atoms. The first kappa shape index (κ1) is 20.4. The van der Waals surface area contributed by atoms with Crippen LogP contribution < -0.4 is 10.1 Å². The number of aromatic amines is 1. The summed E-state index contributed by atoms with van der Waals surface area (Å²) < 4.78 is 18.6. The highest BCUT2D eigenvalue weighted by atomic mass is 35.5. The van der Waals surface area contributed by atoms with E-state index in [2.05, 4.69) is 10.3 Å². The second-order valence-electron chi connectivity index (χ2n) is 7.76.